The Morgan fingerprint density at radius 3 is 2.42 bits per heavy atom. The lowest BCUT2D eigenvalue weighted by molar-refractivity contribution is 0.537. The van der Waals surface area contributed by atoms with E-state index in [-0.39, 0.29) is 11.5 Å². The van der Waals surface area contributed by atoms with Crippen molar-refractivity contribution in [2.45, 2.75) is 50.3 Å². The van der Waals surface area contributed by atoms with Crippen molar-refractivity contribution in [3.05, 3.63) is 17.0 Å². The number of hydrogen-bond acceptors (Lipinski definition) is 4. The minimum atomic E-state index is -3.38. The van der Waals surface area contributed by atoms with Crippen LogP contribution >= 0.6 is 11.3 Å². The Hall–Kier alpha value is -0.430. The van der Waals surface area contributed by atoms with Crippen LogP contribution in [0, 0.1) is 0 Å². The van der Waals surface area contributed by atoms with Gasteiger partial charge in [0.05, 0.1) is 0 Å². The van der Waals surface area contributed by atoms with Gasteiger partial charge >= 0.3 is 0 Å². The molecule has 0 radical (unpaired) electrons. The Bertz CT molecular complexity index is 501. The number of thiophene rings is 1. The molecule has 0 aromatic carbocycles. The second kappa shape index (κ2) is 6.35. The predicted octanol–water partition coefficient (Wildman–Crippen LogP) is 2.32. The molecule has 4 nitrogen and oxygen atoms in total. The van der Waals surface area contributed by atoms with Gasteiger partial charge in [-0.2, -0.15) is 0 Å². The van der Waals surface area contributed by atoms with Crippen LogP contribution in [-0.2, 0) is 15.4 Å². The van der Waals surface area contributed by atoms with Crippen molar-refractivity contribution in [3.63, 3.8) is 0 Å². The van der Waals surface area contributed by atoms with Crippen molar-refractivity contribution in [2.24, 2.45) is 0 Å². The highest BCUT2D eigenvalue weighted by molar-refractivity contribution is 7.91. The summed E-state index contributed by atoms with van der Waals surface area (Å²) in [5.74, 6) is 0. The van der Waals surface area contributed by atoms with Gasteiger partial charge in [0.15, 0.2) is 0 Å². The van der Waals surface area contributed by atoms with Gasteiger partial charge in [0, 0.05) is 17.5 Å². The van der Waals surface area contributed by atoms with E-state index >= 15 is 0 Å². The molecule has 1 aromatic rings. The SMILES string of the molecule is CCN[C@H](C)CNS(=O)(=O)c1ccc(C(C)(C)C)s1. The molecule has 110 valence electrons. The second-order valence-corrected chi connectivity index (χ2v) is 8.76. The maximum atomic E-state index is 12.2. The van der Waals surface area contributed by atoms with Crippen LogP contribution in [0.15, 0.2) is 16.3 Å². The monoisotopic (exact) mass is 304 g/mol. The lowest BCUT2D eigenvalue weighted by atomic mass is 9.95. The fourth-order valence-corrected chi connectivity index (χ4v) is 4.13. The quantitative estimate of drug-likeness (QED) is 0.848. The molecular weight excluding hydrogens is 280 g/mol. The third kappa shape index (κ3) is 4.87. The van der Waals surface area contributed by atoms with E-state index in [1.165, 1.54) is 11.3 Å². The highest BCUT2D eigenvalue weighted by Crippen LogP contribution is 2.31. The van der Waals surface area contributed by atoms with E-state index in [2.05, 4.69) is 30.8 Å². The molecule has 0 spiro atoms. The van der Waals surface area contributed by atoms with Crippen LogP contribution in [0.5, 0.6) is 0 Å². The fraction of sp³-hybridized carbons (Fsp3) is 0.692. The van der Waals surface area contributed by atoms with Crippen LogP contribution in [0.4, 0.5) is 0 Å². The Balaban J connectivity index is 2.75. The lowest BCUT2D eigenvalue weighted by Gasteiger charge is -2.15. The normalized spacial score (nSPS) is 14.6. The van der Waals surface area contributed by atoms with Gasteiger partial charge in [0.2, 0.25) is 10.0 Å². The Morgan fingerprint density at radius 2 is 1.95 bits per heavy atom. The van der Waals surface area contributed by atoms with Gasteiger partial charge in [-0.3, -0.25) is 0 Å². The first-order valence-corrected chi connectivity index (χ1v) is 8.80. The molecule has 0 amide bonds. The smallest absolute Gasteiger partial charge is 0.250 e. The van der Waals surface area contributed by atoms with E-state index in [0.29, 0.717) is 10.8 Å². The molecule has 0 saturated heterocycles. The molecular formula is C13H24N2O2S2. The van der Waals surface area contributed by atoms with Crippen LogP contribution in [0.25, 0.3) is 0 Å². The molecule has 1 rings (SSSR count). The molecule has 0 unspecified atom stereocenters. The molecule has 2 N–H and O–H groups in total. The fourth-order valence-electron chi connectivity index (χ4n) is 1.59. The summed E-state index contributed by atoms with van der Waals surface area (Å²) < 4.78 is 27.3. The van der Waals surface area contributed by atoms with Crippen LogP contribution in [-0.4, -0.2) is 27.5 Å². The van der Waals surface area contributed by atoms with Crippen molar-refractivity contribution in [3.8, 4) is 0 Å². The van der Waals surface area contributed by atoms with Gasteiger partial charge in [0.25, 0.3) is 0 Å². The average molecular weight is 304 g/mol. The third-order valence-electron chi connectivity index (χ3n) is 2.72. The molecule has 19 heavy (non-hydrogen) atoms. The van der Waals surface area contributed by atoms with Crippen molar-refractivity contribution < 1.29 is 8.42 Å². The summed E-state index contributed by atoms with van der Waals surface area (Å²) >= 11 is 1.34. The van der Waals surface area contributed by atoms with E-state index in [1.807, 2.05) is 19.9 Å². The summed E-state index contributed by atoms with van der Waals surface area (Å²) in [5, 5.41) is 3.18. The number of rotatable bonds is 6. The Labute approximate surface area is 120 Å². The zero-order chi connectivity index (χ0) is 14.7. The van der Waals surface area contributed by atoms with E-state index in [4.69, 9.17) is 0 Å². The number of nitrogens with one attached hydrogen (secondary N) is 2. The van der Waals surface area contributed by atoms with Gasteiger partial charge in [-0.05, 0) is 31.0 Å². The minimum absolute atomic E-state index is 0.0184. The molecule has 1 atom stereocenters. The molecule has 0 aliphatic carbocycles. The van der Waals surface area contributed by atoms with E-state index in [0.717, 1.165) is 11.4 Å². The summed E-state index contributed by atoms with van der Waals surface area (Å²) in [6.45, 7) is 11.4. The molecule has 0 fully saturated rings. The first-order chi connectivity index (χ1) is 8.66. The number of likely N-dealkylation sites (N-methyl/N-ethyl adjacent to an activating group) is 1. The summed E-state index contributed by atoms with van der Waals surface area (Å²) in [4.78, 5) is 1.08. The summed E-state index contributed by atoms with van der Waals surface area (Å²) in [6.07, 6.45) is 0. The number of sulfonamides is 1. The van der Waals surface area contributed by atoms with E-state index in [1.54, 1.807) is 6.07 Å². The lowest BCUT2D eigenvalue weighted by Crippen LogP contribution is -2.38. The summed E-state index contributed by atoms with van der Waals surface area (Å²) in [6, 6.07) is 3.71. The largest absolute Gasteiger partial charge is 0.313 e. The van der Waals surface area contributed by atoms with Gasteiger partial charge < -0.3 is 5.32 Å². The minimum Gasteiger partial charge on any atom is -0.313 e. The second-order valence-electron chi connectivity index (χ2n) is 5.68. The first kappa shape index (κ1) is 16.6. The van der Waals surface area contributed by atoms with Gasteiger partial charge in [-0.25, -0.2) is 13.1 Å². The highest BCUT2D eigenvalue weighted by Gasteiger charge is 2.22. The highest BCUT2D eigenvalue weighted by atomic mass is 32.2. The van der Waals surface area contributed by atoms with Crippen molar-refractivity contribution >= 4 is 21.4 Å². The van der Waals surface area contributed by atoms with Crippen molar-refractivity contribution in [1.29, 1.82) is 0 Å². The van der Waals surface area contributed by atoms with Gasteiger partial charge in [0.1, 0.15) is 4.21 Å². The third-order valence-corrected chi connectivity index (χ3v) is 6.14. The van der Waals surface area contributed by atoms with E-state index in [9.17, 15) is 8.42 Å². The molecule has 0 bridgehead atoms. The Morgan fingerprint density at radius 1 is 1.32 bits per heavy atom. The molecule has 6 heteroatoms. The molecule has 1 heterocycles. The maximum Gasteiger partial charge on any atom is 0.250 e. The zero-order valence-corrected chi connectivity index (χ0v) is 13.9. The summed E-state index contributed by atoms with van der Waals surface area (Å²) in [7, 11) is -3.38. The first-order valence-electron chi connectivity index (χ1n) is 6.50. The zero-order valence-electron chi connectivity index (χ0n) is 12.3. The van der Waals surface area contributed by atoms with Crippen molar-refractivity contribution in [1.82, 2.24) is 10.0 Å². The van der Waals surface area contributed by atoms with Crippen LogP contribution < -0.4 is 10.0 Å². The molecule has 1 aromatic heterocycles. The van der Waals surface area contributed by atoms with Gasteiger partial charge in [-0.15, -0.1) is 11.3 Å². The summed E-state index contributed by atoms with van der Waals surface area (Å²) in [5.41, 5.74) is -0.0184. The standard InChI is InChI=1S/C13H24N2O2S2/c1-6-14-10(2)9-15-19(16,17)12-8-7-11(18-12)13(3,4)5/h7-8,10,14-15H,6,9H2,1-5H3/t10-/m1/s1. The van der Waals surface area contributed by atoms with Crippen LogP contribution in [0.1, 0.15) is 39.5 Å². The maximum absolute atomic E-state index is 12.2. The van der Waals surface area contributed by atoms with Crippen LogP contribution in [0.3, 0.4) is 0 Å². The Kier molecular flexibility index (Phi) is 5.55. The van der Waals surface area contributed by atoms with Gasteiger partial charge in [-0.1, -0.05) is 27.7 Å². The molecule has 0 saturated carbocycles. The van der Waals surface area contributed by atoms with E-state index < -0.39 is 10.0 Å². The average Bonchev–Trinajstić information content (AvgIpc) is 2.76. The van der Waals surface area contributed by atoms with Crippen LogP contribution in [0.2, 0.25) is 0 Å². The van der Waals surface area contributed by atoms with Crippen molar-refractivity contribution in [2.75, 3.05) is 13.1 Å². The topological polar surface area (TPSA) is 58.2 Å². The predicted molar refractivity (Wildman–Crippen MR) is 81.3 cm³/mol. The number of hydrogen-bond donors (Lipinski definition) is 2. The molecule has 0 aliphatic rings. The molecule has 0 aliphatic heterocycles.